The fourth-order valence-electron chi connectivity index (χ4n) is 3.88. The molecule has 0 heterocycles. The summed E-state index contributed by atoms with van der Waals surface area (Å²) in [5.74, 6) is 1.41. The smallest absolute Gasteiger partial charge is 0.488 e. The van der Waals surface area contributed by atoms with E-state index in [9.17, 15) is 9.59 Å². The van der Waals surface area contributed by atoms with Crippen LogP contribution < -0.4 is 14.2 Å². The van der Waals surface area contributed by atoms with Crippen molar-refractivity contribution in [2.45, 2.75) is 45.1 Å². The van der Waals surface area contributed by atoms with E-state index < -0.39 is 26.6 Å². The summed E-state index contributed by atoms with van der Waals surface area (Å²) < 4.78 is 34.6. The number of carbonyl (C=O) groups excluding carboxylic acids is 2. The minimum absolute atomic E-state index is 0.0494. The second kappa shape index (κ2) is 19.6. The first-order chi connectivity index (χ1) is 21.6. The minimum Gasteiger partial charge on any atom is -0.488 e. The van der Waals surface area contributed by atoms with Crippen LogP contribution in [0.15, 0.2) is 91.5 Å². The minimum atomic E-state index is -1.99. The lowest BCUT2D eigenvalue weighted by Gasteiger charge is -2.34. The molecule has 0 fully saturated rings. The number of hydrogen-bond acceptors (Lipinski definition) is 8. The van der Waals surface area contributed by atoms with Crippen molar-refractivity contribution in [3.8, 4) is 17.2 Å². The number of halogens is 1. The van der Waals surface area contributed by atoms with Gasteiger partial charge in [0.1, 0.15) is 48.1 Å². The Balaban J connectivity index is 2.49. The summed E-state index contributed by atoms with van der Waals surface area (Å²) in [7, 11) is -1.99. The molecule has 0 bridgehead atoms. The molecule has 0 saturated heterocycles. The zero-order valence-electron chi connectivity index (χ0n) is 26.4. The lowest BCUT2D eigenvalue weighted by atomic mass is 10.0. The topological polar surface area (TPSA) is 92.8 Å². The maximum absolute atomic E-state index is 13.6. The van der Waals surface area contributed by atoms with Crippen LogP contribution in [-0.4, -0.2) is 64.5 Å². The molecule has 0 radical (unpaired) electrons. The normalized spacial score (nSPS) is 11.5. The molecular weight excluding hydrogens is 658 g/mol. The highest BCUT2D eigenvalue weighted by atomic mass is 79.9. The van der Waals surface area contributed by atoms with Crippen LogP contribution in [0.25, 0.3) is 0 Å². The first-order valence-corrected chi connectivity index (χ1v) is 18.5. The van der Waals surface area contributed by atoms with Gasteiger partial charge in [-0.1, -0.05) is 69.7 Å². The van der Waals surface area contributed by atoms with Crippen molar-refractivity contribution in [1.29, 1.82) is 0 Å². The summed E-state index contributed by atoms with van der Waals surface area (Å²) in [6.07, 6.45) is 5.38. The molecule has 11 heteroatoms. The van der Waals surface area contributed by atoms with Gasteiger partial charge in [0.05, 0.1) is 12.6 Å². The molecule has 2 aromatic rings. The second-order valence-electron chi connectivity index (χ2n) is 10.5. The third-order valence-corrected chi connectivity index (χ3v) is 10.00. The van der Waals surface area contributed by atoms with Gasteiger partial charge in [0, 0.05) is 6.54 Å². The van der Waals surface area contributed by atoms with E-state index in [-0.39, 0.29) is 33.0 Å². The number of carbonyl (C=O) groups is 2. The van der Waals surface area contributed by atoms with E-state index in [0.29, 0.717) is 34.7 Å². The number of nitrogens with zero attached hydrogens (tertiary/aromatic N) is 1. The van der Waals surface area contributed by atoms with Crippen LogP contribution >= 0.6 is 15.9 Å². The highest BCUT2D eigenvalue weighted by molar-refractivity contribution is 9.10. The van der Waals surface area contributed by atoms with Crippen molar-refractivity contribution in [3.05, 3.63) is 103 Å². The van der Waals surface area contributed by atoms with Gasteiger partial charge >= 0.3 is 12.2 Å². The predicted molar refractivity (Wildman–Crippen MR) is 183 cm³/mol. The van der Waals surface area contributed by atoms with E-state index >= 15 is 0 Å². The molecule has 1 atom stereocenters. The molecule has 0 aliphatic carbocycles. The SMILES string of the molecule is C=CCOC(=O)Oc1ccc(C[C@@H](CO[Si](C)(C)CC)N(Cc2cc(OCC=C)c(Br)c(OCC=C)c2)C(=O)OCC=C)cc1. The summed E-state index contributed by atoms with van der Waals surface area (Å²) in [6.45, 7) is 22.2. The molecule has 0 N–H and O–H groups in total. The highest BCUT2D eigenvalue weighted by Crippen LogP contribution is 2.37. The van der Waals surface area contributed by atoms with Crippen molar-refractivity contribution >= 4 is 36.5 Å². The second-order valence-corrected chi connectivity index (χ2v) is 15.8. The van der Waals surface area contributed by atoms with Gasteiger partial charge in [-0.2, -0.15) is 0 Å². The molecule has 244 valence electrons. The van der Waals surface area contributed by atoms with E-state index in [1.165, 1.54) is 12.2 Å². The highest BCUT2D eigenvalue weighted by Gasteiger charge is 2.30. The van der Waals surface area contributed by atoms with Crippen molar-refractivity contribution < 1.29 is 37.7 Å². The average molecular weight is 703 g/mol. The van der Waals surface area contributed by atoms with Crippen LogP contribution in [0.1, 0.15) is 18.1 Å². The Morgan fingerprint density at radius 2 is 1.42 bits per heavy atom. The number of rotatable bonds is 20. The van der Waals surface area contributed by atoms with Crippen LogP contribution in [-0.2, 0) is 26.9 Å². The number of ether oxygens (including phenoxy) is 5. The largest absolute Gasteiger partial charge is 0.514 e. The molecule has 1 amide bonds. The van der Waals surface area contributed by atoms with E-state index in [0.717, 1.165) is 17.2 Å². The molecule has 0 aliphatic rings. The quantitative estimate of drug-likeness (QED) is 0.0590. The molecule has 45 heavy (non-hydrogen) atoms. The van der Waals surface area contributed by atoms with Gasteiger partial charge in [-0.15, -0.1) is 0 Å². The molecule has 0 unspecified atom stereocenters. The van der Waals surface area contributed by atoms with Crippen molar-refractivity contribution in [2.75, 3.05) is 33.0 Å². The number of hydrogen-bond donors (Lipinski definition) is 0. The van der Waals surface area contributed by atoms with Crippen LogP contribution in [0.4, 0.5) is 9.59 Å². The van der Waals surface area contributed by atoms with Crippen LogP contribution in [0.3, 0.4) is 0 Å². The maximum atomic E-state index is 13.6. The summed E-state index contributed by atoms with van der Waals surface area (Å²) in [6, 6.07) is 11.2. The Morgan fingerprint density at radius 3 is 1.96 bits per heavy atom. The molecule has 9 nitrogen and oxygen atoms in total. The number of benzene rings is 2. The van der Waals surface area contributed by atoms with Crippen molar-refractivity contribution in [3.63, 3.8) is 0 Å². The summed E-state index contributed by atoms with van der Waals surface area (Å²) >= 11 is 3.57. The Hall–Kier alpha value is -3.80. The van der Waals surface area contributed by atoms with Crippen molar-refractivity contribution in [2.24, 2.45) is 0 Å². The Kier molecular flexibility index (Phi) is 16.2. The van der Waals surface area contributed by atoms with Crippen molar-refractivity contribution in [1.82, 2.24) is 4.90 Å². The molecule has 0 spiro atoms. The first-order valence-electron chi connectivity index (χ1n) is 14.6. The summed E-state index contributed by atoms with van der Waals surface area (Å²) in [4.78, 5) is 27.1. The molecule has 2 aromatic carbocycles. The van der Waals surface area contributed by atoms with Gasteiger partial charge in [0.25, 0.3) is 0 Å². The fraction of sp³-hybridized carbons (Fsp3) is 0.353. The number of amides is 1. The molecule has 0 saturated carbocycles. The third kappa shape index (κ3) is 13.0. The van der Waals surface area contributed by atoms with E-state index in [2.05, 4.69) is 62.3 Å². The zero-order chi connectivity index (χ0) is 33.2. The molecule has 0 aromatic heterocycles. The molecule has 2 rings (SSSR count). The van der Waals surface area contributed by atoms with Crippen LogP contribution in [0.5, 0.6) is 17.2 Å². The van der Waals surface area contributed by atoms with E-state index in [4.69, 9.17) is 28.1 Å². The lowest BCUT2D eigenvalue weighted by molar-refractivity contribution is 0.0743. The van der Waals surface area contributed by atoms with Crippen LogP contribution in [0.2, 0.25) is 19.1 Å². The monoisotopic (exact) mass is 701 g/mol. The fourth-order valence-corrected chi connectivity index (χ4v) is 5.18. The molecule has 0 aliphatic heterocycles. The van der Waals surface area contributed by atoms with Gasteiger partial charge in [-0.3, -0.25) is 4.90 Å². The van der Waals surface area contributed by atoms with Gasteiger partial charge in [0.2, 0.25) is 0 Å². The van der Waals surface area contributed by atoms with Gasteiger partial charge in [-0.05, 0) is 76.9 Å². The zero-order valence-corrected chi connectivity index (χ0v) is 29.0. The first kappa shape index (κ1) is 37.4. The maximum Gasteiger partial charge on any atom is 0.514 e. The molecular formula is C34H44BrNO8Si. The van der Waals surface area contributed by atoms with E-state index in [1.807, 2.05) is 24.3 Å². The van der Waals surface area contributed by atoms with Gasteiger partial charge in [-0.25, -0.2) is 9.59 Å². The standard InChI is InChI=1S/C34H44BrNO8Si/c1-8-17-39-30-22-27(23-31(32(30)35)40-18-9-2)24-36(33(37)41-19-10-3)28(25-43-45(6,7)12-5)21-26-13-15-29(16-14-26)44-34(38)42-20-11-4/h8-11,13-16,22-23,28H,1-4,12,17-21,24-25H2,5-7H3/t28-/m0/s1. The average Bonchev–Trinajstić information content (AvgIpc) is 3.03. The Labute approximate surface area is 276 Å². The van der Waals surface area contributed by atoms with Gasteiger partial charge in [0.15, 0.2) is 8.32 Å². The van der Waals surface area contributed by atoms with Crippen LogP contribution in [0, 0.1) is 0 Å². The Bertz CT molecular complexity index is 1260. The van der Waals surface area contributed by atoms with E-state index in [1.54, 1.807) is 29.2 Å². The predicted octanol–water partition coefficient (Wildman–Crippen LogP) is 8.26. The summed E-state index contributed by atoms with van der Waals surface area (Å²) in [5, 5.41) is 0. The third-order valence-electron chi connectivity index (χ3n) is 6.56. The Morgan fingerprint density at radius 1 is 0.867 bits per heavy atom. The lowest BCUT2D eigenvalue weighted by Crippen LogP contribution is -2.46. The van der Waals surface area contributed by atoms with Gasteiger partial charge < -0.3 is 28.1 Å². The summed E-state index contributed by atoms with van der Waals surface area (Å²) in [5.41, 5.74) is 1.65.